The van der Waals surface area contributed by atoms with Crippen LogP contribution in [0.1, 0.15) is 91.5 Å². The number of fused-ring (bicyclic) bond motifs is 7. The van der Waals surface area contributed by atoms with Gasteiger partial charge in [-0.25, -0.2) is 0 Å². The Balaban J connectivity index is 1.17. The van der Waals surface area contributed by atoms with E-state index in [2.05, 4.69) is 64.1 Å². The Labute approximate surface area is 245 Å². The summed E-state index contributed by atoms with van der Waals surface area (Å²) in [6, 6.07) is 10.5. The monoisotopic (exact) mass is 560 g/mol. The molecule has 0 aromatic heterocycles. The highest BCUT2D eigenvalue weighted by molar-refractivity contribution is 5.87. The average molecular weight is 561 g/mol. The number of hydrogen-bond acceptors (Lipinski definition) is 5. The van der Waals surface area contributed by atoms with E-state index in [4.69, 9.17) is 14.2 Å². The highest BCUT2D eigenvalue weighted by Gasteiger charge is 2.72. The predicted molar refractivity (Wildman–Crippen MR) is 157 cm³/mol. The zero-order chi connectivity index (χ0) is 28.7. The van der Waals surface area contributed by atoms with Gasteiger partial charge in [-0.2, -0.15) is 0 Å². The number of benzene rings is 1. The Bertz CT molecular complexity index is 1240. The summed E-state index contributed by atoms with van der Waals surface area (Å²) in [5.74, 6) is 2.19. The molecule has 7 rings (SSSR count). The van der Waals surface area contributed by atoms with E-state index in [1.807, 2.05) is 0 Å². The van der Waals surface area contributed by atoms with Gasteiger partial charge in [-0.3, -0.25) is 9.59 Å². The highest BCUT2D eigenvalue weighted by atomic mass is 16.7. The number of hydrogen-bond donors (Lipinski definition) is 0. The Morgan fingerprint density at radius 1 is 1.02 bits per heavy atom. The molecule has 222 valence electrons. The summed E-state index contributed by atoms with van der Waals surface area (Å²) in [4.78, 5) is 26.1. The van der Waals surface area contributed by atoms with Gasteiger partial charge in [-0.1, -0.05) is 64.1 Å². The van der Waals surface area contributed by atoms with Crippen molar-refractivity contribution in [2.45, 2.75) is 104 Å². The SMILES string of the molecule is CC(=O)O[C@H]1CC[C@@]2(C)[C@@H](CC[C@@H]3[C@@H]2CC(=O)[C@]2(C)[C@@H]4[C@H](C[C@@H]32)O[C@@]2(OC[C@H](C)C/C2=C\c2ccccc2)[C@H]4C)C1. The summed E-state index contributed by atoms with van der Waals surface area (Å²) in [7, 11) is 0. The van der Waals surface area contributed by atoms with Crippen molar-refractivity contribution in [2.24, 2.45) is 52.3 Å². The van der Waals surface area contributed by atoms with Crippen LogP contribution in [0.4, 0.5) is 0 Å². The zero-order valence-corrected chi connectivity index (χ0v) is 25.6. The van der Waals surface area contributed by atoms with Crippen molar-refractivity contribution >= 4 is 17.8 Å². The van der Waals surface area contributed by atoms with Gasteiger partial charge >= 0.3 is 5.97 Å². The van der Waals surface area contributed by atoms with E-state index in [1.54, 1.807) is 0 Å². The molecule has 0 unspecified atom stereocenters. The van der Waals surface area contributed by atoms with Gasteiger partial charge in [0, 0.05) is 30.6 Å². The lowest BCUT2D eigenvalue weighted by Gasteiger charge is -2.60. The number of carbonyl (C=O) groups is 2. The normalized spacial score (nSPS) is 49.7. The largest absolute Gasteiger partial charge is 0.463 e. The van der Waals surface area contributed by atoms with Crippen molar-refractivity contribution in [3.05, 3.63) is 41.5 Å². The van der Waals surface area contributed by atoms with Crippen LogP contribution in [0.5, 0.6) is 0 Å². The fourth-order valence-electron chi connectivity index (χ4n) is 11.2. The summed E-state index contributed by atoms with van der Waals surface area (Å²) >= 11 is 0. The second-order valence-corrected chi connectivity index (χ2v) is 15.1. The fraction of sp³-hybridized carbons (Fsp3) is 0.722. The molecule has 0 N–H and O–H groups in total. The molecule has 2 saturated heterocycles. The van der Waals surface area contributed by atoms with Crippen molar-refractivity contribution in [1.29, 1.82) is 0 Å². The second-order valence-electron chi connectivity index (χ2n) is 15.1. The lowest BCUT2D eigenvalue weighted by atomic mass is 9.44. The standard InChI is InChI=1S/C36H48O5/c1-21-15-26(16-24-9-7-6-8-10-24)36(39-20-21)22(2)33-31(41-36)18-30-28-12-11-25-17-27(40-23(3)37)13-14-34(25,4)29(28)19-32(38)35(30,33)5/h6-10,16,21-22,25,27-31,33H,11-15,17-20H2,1-5H3/b26-16+/t21-,22+,25+,27+,28-,29+,30+,31+,33+,34+,35-,36+/m1/s1. The molecule has 5 nitrogen and oxygen atoms in total. The Hall–Kier alpha value is -1.98. The molecule has 4 aliphatic carbocycles. The van der Waals surface area contributed by atoms with Crippen molar-refractivity contribution in [1.82, 2.24) is 0 Å². The summed E-state index contributed by atoms with van der Waals surface area (Å²) in [5, 5.41) is 0. The van der Waals surface area contributed by atoms with E-state index in [0.29, 0.717) is 48.4 Å². The van der Waals surface area contributed by atoms with Crippen molar-refractivity contribution < 1.29 is 23.8 Å². The van der Waals surface area contributed by atoms with Crippen LogP contribution in [0.3, 0.4) is 0 Å². The number of rotatable bonds is 2. The van der Waals surface area contributed by atoms with Gasteiger partial charge in [0.1, 0.15) is 11.9 Å². The molecule has 1 aromatic carbocycles. The third-order valence-electron chi connectivity index (χ3n) is 13.1. The van der Waals surface area contributed by atoms with Crippen LogP contribution in [-0.2, 0) is 23.8 Å². The molecule has 2 heterocycles. The Morgan fingerprint density at radius 2 is 1.80 bits per heavy atom. The Morgan fingerprint density at radius 3 is 2.56 bits per heavy atom. The van der Waals surface area contributed by atoms with E-state index < -0.39 is 5.79 Å². The quantitative estimate of drug-likeness (QED) is 0.357. The fourth-order valence-corrected chi connectivity index (χ4v) is 11.2. The lowest BCUT2D eigenvalue weighted by molar-refractivity contribution is -0.240. The highest BCUT2D eigenvalue weighted by Crippen LogP contribution is 2.70. The minimum atomic E-state index is -0.735. The molecule has 5 heteroatoms. The first-order valence-electron chi connectivity index (χ1n) is 16.3. The number of esters is 1. The third-order valence-corrected chi connectivity index (χ3v) is 13.1. The van der Waals surface area contributed by atoms with Gasteiger partial charge in [-0.05, 0) is 91.1 Å². The predicted octanol–water partition coefficient (Wildman–Crippen LogP) is 7.24. The minimum absolute atomic E-state index is 0.0410. The smallest absolute Gasteiger partial charge is 0.302 e. The molecule has 1 spiro atoms. The van der Waals surface area contributed by atoms with Gasteiger partial charge in [0.25, 0.3) is 0 Å². The van der Waals surface area contributed by atoms with E-state index in [-0.39, 0.29) is 40.8 Å². The van der Waals surface area contributed by atoms with E-state index in [0.717, 1.165) is 32.1 Å². The molecule has 6 aliphatic rings. The summed E-state index contributed by atoms with van der Waals surface area (Å²) < 4.78 is 19.5. The number of ether oxygens (including phenoxy) is 3. The zero-order valence-electron chi connectivity index (χ0n) is 25.6. The van der Waals surface area contributed by atoms with Crippen LogP contribution in [0.2, 0.25) is 0 Å². The number of ketones is 1. The maximum atomic E-state index is 14.5. The molecular formula is C36H48O5. The topological polar surface area (TPSA) is 61.8 Å². The van der Waals surface area contributed by atoms with Gasteiger partial charge < -0.3 is 14.2 Å². The van der Waals surface area contributed by atoms with Gasteiger partial charge in [0.05, 0.1) is 12.7 Å². The van der Waals surface area contributed by atoms with Crippen molar-refractivity contribution in [2.75, 3.05) is 6.61 Å². The van der Waals surface area contributed by atoms with Crippen LogP contribution in [0.15, 0.2) is 35.9 Å². The first-order valence-corrected chi connectivity index (χ1v) is 16.3. The molecule has 41 heavy (non-hydrogen) atoms. The van der Waals surface area contributed by atoms with Crippen LogP contribution < -0.4 is 0 Å². The molecule has 1 aromatic rings. The van der Waals surface area contributed by atoms with Crippen molar-refractivity contribution in [3.8, 4) is 0 Å². The van der Waals surface area contributed by atoms with E-state index >= 15 is 0 Å². The molecule has 2 aliphatic heterocycles. The van der Waals surface area contributed by atoms with Gasteiger partial charge in [0.15, 0.2) is 5.79 Å². The number of Topliss-reactive ketones (excluding diaryl/α,β-unsaturated/α-hetero) is 1. The summed E-state index contributed by atoms with van der Waals surface area (Å²) in [5.41, 5.74) is 2.21. The maximum absolute atomic E-state index is 14.5. The molecule has 0 bridgehead atoms. The first kappa shape index (κ1) is 27.8. The summed E-state index contributed by atoms with van der Waals surface area (Å²) in [6.07, 6.45) is 10.3. The molecule has 12 atom stereocenters. The lowest BCUT2D eigenvalue weighted by Crippen LogP contribution is -2.58. The first-order chi connectivity index (χ1) is 19.6. The summed E-state index contributed by atoms with van der Waals surface area (Å²) in [6.45, 7) is 11.5. The van der Waals surface area contributed by atoms with Crippen LogP contribution >= 0.6 is 0 Å². The van der Waals surface area contributed by atoms with Gasteiger partial charge in [0.2, 0.25) is 0 Å². The van der Waals surface area contributed by atoms with Crippen LogP contribution in [-0.4, -0.2) is 36.4 Å². The van der Waals surface area contributed by atoms with Gasteiger partial charge in [-0.15, -0.1) is 0 Å². The molecule has 4 saturated carbocycles. The Kier molecular flexibility index (Phi) is 6.63. The van der Waals surface area contributed by atoms with E-state index in [9.17, 15) is 9.59 Å². The average Bonchev–Trinajstić information content (AvgIpc) is 3.39. The number of carbonyl (C=O) groups excluding carboxylic acids is 2. The van der Waals surface area contributed by atoms with E-state index in [1.165, 1.54) is 30.9 Å². The second kappa shape index (κ2) is 9.77. The van der Waals surface area contributed by atoms with Crippen molar-refractivity contribution in [3.63, 3.8) is 0 Å². The van der Waals surface area contributed by atoms with Crippen LogP contribution in [0, 0.1) is 52.3 Å². The molecule has 0 amide bonds. The van der Waals surface area contributed by atoms with Crippen LogP contribution in [0.25, 0.3) is 6.08 Å². The maximum Gasteiger partial charge on any atom is 0.302 e. The minimum Gasteiger partial charge on any atom is -0.463 e. The molecule has 0 radical (unpaired) electrons. The third kappa shape index (κ3) is 4.08. The molecule has 6 fully saturated rings. The molecular weight excluding hydrogens is 512 g/mol.